The number of carbonyl (C=O) groups is 1. The number of methoxy groups -OCH3 is 2. The molecule has 7 heteroatoms. The van der Waals surface area contributed by atoms with Crippen molar-refractivity contribution in [3.05, 3.63) is 75.6 Å². The van der Waals surface area contributed by atoms with Gasteiger partial charge in [-0.25, -0.2) is 4.79 Å². The molecule has 1 aliphatic heterocycles. The smallest absolute Gasteiger partial charge is 0.343 e. The number of aromatic nitrogens is 1. The van der Waals surface area contributed by atoms with Gasteiger partial charge in [0.1, 0.15) is 11.3 Å². The molecule has 4 rings (SSSR count). The number of hydrogen-bond acceptors (Lipinski definition) is 6. The highest BCUT2D eigenvalue weighted by Gasteiger charge is 2.17. The predicted molar refractivity (Wildman–Crippen MR) is 124 cm³/mol. The van der Waals surface area contributed by atoms with Crippen molar-refractivity contribution in [2.24, 2.45) is 0 Å². The number of nitrogens with one attached hydrogen (secondary N) is 1. The molecule has 1 aromatic heterocycles. The summed E-state index contributed by atoms with van der Waals surface area (Å²) in [6.45, 7) is 6.13. The number of nitrogens with zero attached hydrogens (tertiary/aromatic N) is 2. The monoisotopic (exact) mass is 435 g/mol. The third kappa shape index (κ3) is 5.00. The summed E-state index contributed by atoms with van der Waals surface area (Å²) in [7, 11) is 2.96. The van der Waals surface area contributed by atoms with E-state index in [0.717, 1.165) is 57.0 Å². The van der Waals surface area contributed by atoms with Crippen molar-refractivity contribution in [2.45, 2.75) is 13.0 Å². The van der Waals surface area contributed by atoms with E-state index in [1.807, 2.05) is 24.3 Å². The fourth-order valence-corrected chi connectivity index (χ4v) is 4.13. The minimum Gasteiger partial charge on any atom is -0.497 e. The number of pyridine rings is 1. The molecule has 0 spiro atoms. The Balaban J connectivity index is 1.30. The van der Waals surface area contributed by atoms with Crippen LogP contribution >= 0.6 is 0 Å². The summed E-state index contributed by atoms with van der Waals surface area (Å²) < 4.78 is 9.90. The summed E-state index contributed by atoms with van der Waals surface area (Å²) in [6, 6.07) is 14.0. The summed E-state index contributed by atoms with van der Waals surface area (Å²) in [6.07, 6.45) is 2.34. The van der Waals surface area contributed by atoms with Crippen molar-refractivity contribution in [1.29, 1.82) is 0 Å². The van der Waals surface area contributed by atoms with Crippen molar-refractivity contribution < 1.29 is 14.3 Å². The Bertz CT molecular complexity index is 1130. The maximum Gasteiger partial charge on any atom is 0.343 e. The molecule has 2 aromatic carbocycles. The summed E-state index contributed by atoms with van der Waals surface area (Å²) in [5.41, 5.74) is 2.94. The van der Waals surface area contributed by atoms with E-state index in [-0.39, 0.29) is 11.0 Å². The van der Waals surface area contributed by atoms with Crippen LogP contribution in [0.5, 0.6) is 5.75 Å². The van der Waals surface area contributed by atoms with E-state index < -0.39 is 5.97 Å². The van der Waals surface area contributed by atoms with Crippen LogP contribution in [0, 0.1) is 0 Å². The Hall–Kier alpha value is -3.16. The van der Waals surface area contributed by atoms with Crippen LogP contribution in [0.2, 0.25) is 0 Å². The predicted octanol–water partition coefficient (Wildman–Crippen LogP) is 2.68. The average molecular weight is 436 g/mol. The molecule has 0 radical (unpaired) electrons. The molecule has 0 bridgehead atoms. The van der Waals surface area contributed by atoms with Gasteiger partial charge in [0.2, 0.25) is 5.43 Å². The zero-order valence-corrected chi connectivity index (χ0v) is 18.6. The van der Waals surface area contributed by atoms with Crippen LogP contribution < -0.4 is 10.2 Å². The highest BCUT2D eigenvalue weighted by Crippen LogP contribution is 2.16. The second-order valence-electron chi connectivity index (χ2n) is 8.12. The second kappa shape index (κ2) is 9.97. The number of piperazine rings is 1. The SMILES string of the molecule is COC(=O)c1c[nH]c2cc(CCN3CCN(Cc4ccc(OC)cc4)CC3)ccc2c1=O. The lowest BCUT2D eigenvalue weighted by atomic mass is 10.1. The first-order chi connectivity index (χ1) is 15.6. The van der Waals surface area contributed by atoms with Crippen molar-refractivity contribution in [2.75, 3.05) is 46.9 Å². The largest absolute Gasteiger partial charge is 0.497 e. The number of aromatic amines is 1. The van der Waals surface area contributed by atoms with Crippen LogP contribution in [0.15, 0.2) is 53.5 Å². The number of hydrogen-bond donors (Lipinski definition) is 1. The number of H-pyrrole nitrogens is 1. The maximum atomic E-state index is 12.5. The third-order valence-electron chi connectivity index (χ3n) is 6.10. The molecule has 1 aliphatic rings. The molecular weight excluding hydrogens is 406 g/mol. The van der Waals surface area contributed by atoms with Crippen LogP contribution in [0.1, 0.15) is 21.5 Å². The molecule has 2 heterocycles. The summed E-state index contributed by atoms with van der Waals surface area (Å²) in [5, 5.41) is 0.504. The van der Waals surface area contributed by atoms with Gasteiger partial charge in [0.15, 0.2) is 0 Å². The lowest BCUT2D eigenvalue weighted by Gasteiger charge is -2.34. The minimum absolute atomic E-state index is 0.0280. The minimum atomic E-state index is -0.622. The highest BCUT2D eigenvalue weighted by molar-refractivity contribution is 5.93. The fraction of sp³-hybridized carbons (Fsp3) is 0.360. The molecule has 1 N–H and O–H groups in total. The number of fused-ring (bicyclic) bond motifs is 1. The van der Waals surface area contributed by atoms with Gasteiger partial charge < -0.3 is 19.4 Å². The fourth-order valence-electron chi connectivity index (χ4n) is 4.13. The Kier molecular flexibility index (Phi) is 6.87. The van der Waals surface area contributed by atoms with E-state index in [9.17, 15) is 9.59 Å². The molecule has 32 heavy (non-hydrogen) atoms. The number of benzene rings is 2. The van der Waals surface area contributed by atoms with Gasteiger partial charge in [0.25, 0.3) is 0 Å². The summed E-state index contributed by atoms with van der Waals surface area (Å²) >= 11 is 0. The molecule has 0 saturated carbocycles. The van der Waals surface area contributed by atoms with Gasteiger partial charge in [0, 0.05) is 56.4 Å². The molecular formula is C25H29N3O4. The van der Waals surface area contributed by atoms with Crippen molar-refractivity contribution in [1.82, 2.24) is 14.8 Å². The van der Waals surface area contributed by atoms with E-state index in [4.69, 9.17) is 4.74 Å². The number of ether oxygens (including phenoxy) is 2. The Morgan fingerprint density at radius 1 is 0.969 bits per heavy atom. The summed E-state index contributed by atoms with van der Waals surface area (Å²) in [5.74, 6) is 0.267. The summed E-state index contributed by atoms with van der Waals surface area (Å²) in [4.78, 5) is 32.2. The van der Waals surface area contributed by atoms with Crippen LogP contribution in [0.3, 0.4) is 0 Å². The Labute approximate surface area is 187 Å². The molecule has 0 atom stereocenters. The van der Waals surface area contributed by atoms with E-state index in [2.05, 4.69) is 31.7 Å². The average Bonchev–Trinajstić information content (AvgIpc) is 2.84. The highest BCUT2D eigenvalue weighted by atomic mass is 16.5. The molecule has 0 unspecified atom stereocenters. The lowest BCUT2D eigenvalue weighted by molar-refractivity contribution is 0.0599. The van der Waals surface area contributed by atoms with Gasteiger partial charge in [0.05, 0.1) is 14.2 Å². The normalized spacial score (nSPS) is 15.1. The first-order valence-corrected chi connectivity index (χ1v) is 10.9. The lowest BCUT2D eigenvalue weighted by Crippen LogP contribution is -2.46. The maximum absolute atomic E-state index is 12.5. The van der Waals surface area contributed by atoms with Crippen LogP contribution in [-0.2, 0) is 17.7 Å². The van der Waals surface area contributed by atoms with Crippen molar-refractivity contribution in [3.63, 3.8) is 0 Å². The van der Waals surface area contributed by atoms with Crippen LogP contribution in [0.4, 0.5) is 0 Å². The van der Waals surface area contributed by atoms with E-state index >= 15 is 0 Å². The molecule has 168 valence electrons. The number of carbonyl (C=O) groups excluding carboxylic acids is 1. The topological polar surface area (TPSA) is 74.9 Å². The zero-order chi connectivity index (χ0) is 22.5. The molecule has 0 amide bonds. The van der Waals surface area contributed by atoms with E-state index in [1.165, 1.54) is 24.4 Å². The first-order valence-electron chi connectivity index (χ1n) is 10.9. The standard InChI is InChI=1S/C25H29N3O4/c1-31-20-6-3-19(4-7-20)17-28-13-11-27(12-14-28)10-9-18-5-8-21-23(15-18)26-16-22(24(21)29)25(30)32-2/h3-8,15-16H,9-14,17H2,1-2H3,(H,26,29). The van der Waals surface area contributed by atoms with Gasteiger partial charge in [-0.15, -0.1) is 0 Å². The van der Waals surface area contributed by atoms with Crippen molar-refractivity contribution in [3.8, 4) is 5.75 Å². The van der Waals surface area contributed by atoms with Gasteiger partial charge in [-0.3, -0.25) is 9.69 Å². The van der Waals surface area contributed by atoms with Crippen LogP contribution in [0.25, 0.3) is 10.9 Å². The van der Waals surface area contributed by atoms with Gasteiger partial charge >= 0.3 is 5.97 Å². The molecule has 3 aromatic rings. The van der Waals surface area contributed by atoms with Gasteiger partial charge in [-0.1, -0.05) is 18.2 Å². The third-order valence-corrected chi connectivity index (χ3v) is 6.10. The first kappa shape index (κ1) is 22.0. The quantitative estimate of drug-likeness (QED) is 0.575. The van der Waals surface area contributed by atoms with E-state index in [1.54, 1.807) is 13.2 Å². The molecule has 7 nitrogen and oxygen atoms in total. The molecule has 1 fully saturated rings. The van der Waals surface area contributed by atoms with Gasteiger partial charge in [-0.2, -0.15) is 0 Å². The number of rotatable bonds is 7. The Morgan fingerprint density at radius 3 is 2.34 bits per heavy atom. The zero-order valence-electron chi connectivity index (χ0n) is 18.6. The van der Waals surface area contributed by atoms with E-state index in [0.29, 0.717) is 5.39 Å². The molecule has 0 aliphatic carbocycles. The van der Waals surface area contributed by atoms with Crippen LogP contribution in [-0.4, -0.2) is 67.7 Å². The van der Waals surface area contributed by atoms with Crippen molar-refractivity contribution >= 4 is 16.9 Å². The molecule has 1 saturated heterocycles. The van der Waals surface area contributed by atoms with Gasteiger partial charge in [-0.05, 0) is 41.8 Å². The second-order valence-corrected chi connectivity index (χ2v) is 8.12. The Morgan fingerprint density at radius 2 is 1.66 bits per heavy atom. The number of esters is 1.